The Morgan fingerprint density at radius 2 is 1.79 bits per heavy atom. The van der Waals surface area contributed by atoms with Crippen LogP contribution in [0.25, 0.3) is 0 Å². The van der Waals surface area contributed by atoms with E-state index in [9.17, 15) is 13.2 Å². The monoisotopic (exact) mass is 266 g/mol. The zero-order chi connectivity index (χ0) is 14.0. The molecule has 5 heteroatoms. The van der Waals surface area contributed by atoms with E-state index < -0.39 is 23.5 Å². The zero-order valence-corrected chi connectivity index (χ0v) is 10.3. The first-order chi connectivity index (χ1) is 9.04. The van der Waals surface area contributed by atoms with Crippen molar-refractivity contribution in [3.05, 3.63) is 70.5 Å². The van der Waals surface area contributed by atoms with Gasteiger partial charge < -0.3 is 0 Å². The Bertz CT molecular complexity index is 597. The maximum Gasteiger partial charge on any atom is 0.163 e. The molecule has 100 valence electrons. The highest BCUT2D eigenvalue weighted by atomic mass is 19.2. The molecule has 1 unspecified atom stereocenters. The summed E-state index contributed by atoms with van der Waals surface area (Å²) in [5, 5.41) is 0. The van der Waals surface area contributed by atoms with E-state index in [0.29, 0.717) is 5.56 Å². The molecule has 2 nitrogen and oxygen atoms in total. The molecule has 0 aliphatic rings. The summed E-state index contributed by atoms with van der Waals surface area (Å²) < 4.78 is 40.3. The predicted octanol–water partition coefficient (Wildman–Crippen LogP) is 2.97. The average Bonchev–Trinajstić information content (AvgIpc) is 2.39. The van der Waals surface area contributed by atoms with Crippen LogP contribution in [0.3, 0.4) is 0 Å². The van der Waals surface area contributed by atoms with Crippen molar-refractivity contribution < 1.29 is 13.2 Å². The minimum Gasteiger partial charge on any atom is -0.271 e. The lowest BCUT2D eigenvalue weighted by Gasteiger charge is -2.19. The molecule has 2 rings (SSSR count). The normalized spacial score (nSPS) is 12.5. The number of hydrazine groups is 1. The molecular formula is C14H13F3N2. The third-order valence-corrected chi connectivity index (χ3v) is 3.01. The van der Waals surface area contributed by atoms with Crippen LogP contribution in [0.15, 0.2) is 36.4 Å². The van der Waals surface area contributed by atoms with Crippen molar-refractivity contribution in [2.75, 3.05) is 0 Å². The Morgan fingerprint density at radius 3 is 2.47 bits per heavy atom. The van der Waals surface area contributed by atoms with Gasteiger partial charge in [-0.1, -0.05) is 18.2 Å². The summed E-state index contributed by atoms with van der Waals surface area (Å²) in [6.45, 7) is 1.75. The second kappa shape index (κ2) is 5.42. The van der Waals surface area contributed by atoms with Crippen LogP contribution in [0, 0.1) is 24.4 Å². The number of hydrogen-bond donors (Lipinski definition) is 2. The molecule has 1 atom stereocenters. The average molecular weight is 266 g/mol. The van der Waals surface area contributed by atoms with Crippen LogP contribution < -0.4 is 11.3 Å². The molecule has 0 saturated carbocycles. The van der Waals surface area contributed by atoms with Gasteiger partial charge in [0, 0.05) is 5.56 Å². The van der Waals surface area contributed by atoms with Crippen LogP contribution in [0.4, 0.5) is 13.2 Å². The summed E-state index contributed by atoms with van der Waals surface area (Å²) in [6, 6.07) is 7.11. The van der Waals surface area contributed by atoms with Gasteiger partial charge in [-0.2, -0.15) is 0 Å². The zero-order valence-electron chi connectivity index (χ0n) is 10.3. The summed E-state index contributed by atoms with van der Waals surface area (Å²) in [5.74, 6) is 3.00. The highest BCUT2D eigenvalue weighted by Gasteiger charge is 2.20. The first-order valence-electron chi connectivity index (χ1n) is 5.70. The first kappa shape index (κ1) is 13.6. The van der Waals surface area contributed by atoms with Crippen molar-refractivity contribution in [2.24, 2.45) is 5.84 Å². The highest BCUT2D eigenvalue weighted by molar-refractivity contribution is 5.37. The lowest BCUT2D eigenvalue weighted by Crippen LogP contribution is -2.30. The number of hydrogen-bond acceptors (Lipinski definition) is 2. The van der Waals surface area contributed by atoms with Crippen molar-refractivity contribution in [1.29, 1.82) is 0 Å². The highest BCUT2D eigenvalue weighted by Crippen LogP contribution is 2.27. The molecule has 0 saturated heterocycles. The molecular weight excluding hydrogens is 253 g/mol. The topological polar surface area (TPSA) is 38.0 Å². The summed E-state index contributed by atoms with van der Waals surface area (Å²) in [4.78, 5) is 0. The molecule has 2 aromatic carbocycles. The van der Waals surface area contributed by atoms with Gasteiger partial charge >= 0.3 is 0 Å². The van der Waals surface area contributed by atoms with Gasteiger partial charge in [-0.25, -0.2) is 18.6 Å². The molecule has 0 fully saturated rings. The Kier molecular flexibility index (Phi) is 3.87. The number of benzene rings is 2. The second-order valence-corrected chi connectivity index (χ2v) is 4.24. The van der Waals surface area contributed by atoms with E-state index in [1.807, 2.05) is 0 Å². The maximum absolute atomic E-state index is 13.8. The maximum atomic E-state index is 13.8. The molecule has 0 amide bonds. The third kappa shape index (κ3) is 2.62. The van der Waals surface area contributed by atoms with E-state index in [2.05, 4.69) is 5.43 Å². The summed E-state index contributed by atoms with van der Waals surface area (Å²) in [6.07, 6.45) is 0. The number of halogens is 3. The van der Waals surface area contributed by atoms with Crippen molar-refractivity contribution in [2.45, 2.75) is 13.0 Å². The number of nitrogens with two attached hydrogens (primary N) is 1. The quantitative estimate of drug-likeness (QED) is 0.662. The Balaban J connectivity index is 2.56. The SMILES string of the molecule is Cc1ccc(F)cc1C(NN)c1cccc(F)c1F. The van der Waals surface area contributed by atoms with E-state index in [4.69, 9.17) is 5.84 Å². The molecule has 0 aliphatic carbocycles. The van der Waals surface area contributed by atoms with Gasteiger partial charge in [0.2, 0.25) is 0 Å². The summed E-state index contributed by atoms with van der Waals surface area (Å²) in [5.41, 5.74) is 3.63. The predicted molar refractivity (Wildman–Crippen MR) is 66.7 cm³/mol. The molecule has 2 aromatic rings. The van der Waals surface area contributed by atoms with Crippen molar-refractivity contribution in [1.82, 2.24) is 5.43 Å². The smallest absolute Gasteiger partial charge is 0.163 e. The lowest BCUT2D eigenvalue weighted by molar-refractivity contribution is 0.482. The Labute approximate surface area is 109 Å². The van der Waals surface area contributed by atoms with Crippen molar-refractivity contribution in [3.63, 3.8) is 0 Å². The number of nitrogens with one attached hydrogen (secondary N) is 1. The van der Waals surface area contributed by atoms with Gasteiger partial charge in [0.25, 0.3) is 0 Å². The van der Waals surface area contributed by atoms with Crippen LogP contribution in [0.2, 0.25) is 0 Å². The van der Waals surface area contributed by atoms with Gasteiger partial charge in [0.1, 0.15) is 5.82 Å². The van der Waals surface area contributed by atoms with Crippen LogP contribution in [0.1, 0.15) is 22.7 Å². The fourth-order valence-corrected chi connectivity index (χ4v) is 2.01. The van der Waals surface area contributed by atoms with E-state index in [1.54, 1.807) is 13.0 Å². The summed E-state index contributed by atoms with van der Waals surface area (Å²) in [7, 11) is 0. The van der Waals surface area contributed by atoms with Crippen molar-refractivity contribution in [3.8, 4) is 0 Å². The Hall–Kier alpha value is -1.85. The number of aryl methyl sites for hydroxylation is 1. The van der Waals surface area contributed by atoms with E-state index in [1.165, 1.54) is 24.3 Å². The van der Waals surface area contributed by atoms with Crippen molar-refractivity contribution >= 4 is 0 Å². The lowest BCUT2D eigenvalue weighted by atomic mass is 9.95. The van der Waals surface area contributed by atoms with Crippen LogP contribution in [-0.4, -0.2) is 0 Å². The molecule has 0 bridgehead atoms. The van der Waals surface area contributed by atoms with Crippen LogP contribution in [0.5, 0.6) is 0 Å². The second-order valence-electron chi connectivity index (χ2n) is 4.24. The first-order valence-corrected chi connectivity index (χ1v) is 5.70. The molecule has 0 heterocycles. The minimum absolute atomic E-state index is 0.0381. The van der Waals surface area contributed by atoms with Gasteiger partial charge in [-0.3, -0.25) is 5.84 Å². The standard InChI is InChI=1S/C14H13F3N2/c1-8-5-6-9(15)7-11(8)14(19-18)10-3-2-4-12(16)13(10)17/h2-7,14,19H,18H2,1H3. The van der Waals surface area contributed by atoms with Gasteiger partial charge in [-0.15, -0.1) is 0 Å². The fraction of sp³-hybridized carbons (Fsp3) is 0.143. The van der Waals surface area contributed by atoms with Crippen LogP contribution >= 0.6 is 0 Å². The number of rotatable bonds is 3. The van der Waals surface area contributed by atoms with E-state index in [0.717, 1.165) is 11.6 Å². The molecule has 19 heavy (non-hydrogen) atoms. The van der Waals surface area contributed by atoms with E-state index >= 15 is 0 Å². The fourth-order valence-electron chi connectivity index (χ4n) is 2.01. The summed E-state index contributed by atoms with van der Waals surface area (Å²) >= 11 is 0. The molecule has 0 aromatic heterocycles. The van der Waals surface area contributed by atoms with Gasteiger partial charge in [0.15, 0.2) is 11.6 Å². The third-order valence-electron chi connectivity index (χ3n) is 3.01. The molecule has 3 N–H and O–H groups in total. The van der Waals surface area contributed by atoms with Crippen LogP contribution in [-0.2, 0) is 0 Å². The molecule has 0 aliphatic heterocycles. The van der Waals surface area contributed by atoms with Gasteiger partial charge in [0.05, 0.1) is 6.04 Å². The van der Waals surface area contributed by atoms with Gasteiger partial charge in [-0.05, 0) is 36.2 Å². The Morgan fingerprint density at radius 1 is 1.05 bits per heavy atom. The van der Waals surface area contributed by atoms with E-state index in [-0.39, 0.29) is 5.56 Å². The molecule has 0 spiro atoms. The largest absolute Gasteiger partial charge is 0.271 e. The minimum atomic E-state index is -0.992. The molecule has 0 radical (unpaired) electrons.